The Bertz CT molecular complexity index is 1450. The molecule has 1 aliphatic rings. The number of carboxylic acids is 1. The highest BCUT2D eigenvalue weighted by Crippen LogP contribution is 2.35. The average Bonchev–Trinajstić information content (AvgIpc) is 3.61. The van der Waals surface area contributed by atoms with Gasteiger partial charge in [0, 0.05) is 11.6 Å². The molecule has 1 unspecified atom stereocenters. The Morgan fingerprint density at radius 2 is 2.05 bits per heavy atom. The predicted molar refractivity (Wildman–Crippen MR) is 129 cm³/mol. The van der Waals surface area contributed by atoms with Crippen LogP contribution in [0.2, 0.25) is 5.28 Å². The van der Waals surface area contributed by atoms with E-state index < -0.39 is 55.8 Å². The molecule has 200 valence electrons. The van der Waals surface area contributed by atoms with Gasteiger partial charge in [-0.2, -0.15) is 9.97 Å². The van der Waals surface area contributed by atoms with Crippen molar-refractivity contribution in [2.45, 2.75) is 36.6 Å². The quantitative estimate of drug-likeness (QED) is 0.220. The van der Waals surface area contributed by atoms with Crippen LogP contribution in [-0.4, -0.2) is 83.2 Å². The van der Waals surface area contributed by atoms with Crippen molar-refractivity contribution >= 4 is 34.6 Å². The summed E-state index contributed by atoms with van der Waals surface area (Å²) in [6, 6.07) is 10.6. The summed E-state index contributed by atoms with van der Waals surface area (Å²) in [7, 11) is 0. The number of alkyl halides is 1. The Labute approximate surface area is 218 Å². The van der Waals surface area contributed by atoms with Crippen molar-refractivity contribution in [3.63, 3.8) is 0 Å². The molecule has 0 saturated carbocycles. The normalized spacial score (nSPS) is 23.1. The highest BCUT2D eigenvalue weighted by molar-refractivity contribution is 6.28. The molecule has 1 saturated heterocycles. The number of nitrogens with zero attached hydrogens (tertiary/aromatic N) is 5. The molecule has 3 aromatic heterocycles. The molecule has 15 heteroatoms. The molecule has 1 aromatic carbocycles. The van der Waals surface area contributed by atoms with Crippen LogP contribution in [0.15, 0.2) is 47.2 Å². The fourth-order valence-electron chi connectivity index (χ4n) is 4.18. The van der Waals surface area contributed by atoms with E-state index in [2.05, 4.69) is 20.1 Å². The zero-order chi connectivity index (χ0) is 27.0. The van der Waals surface area contributed by atoms with Crippen LogP contribution in [0.5, 0.6) is 0 Å². The number of ether oxygens (including phenoxy) is 2. The number of aromatic nitrogens is 5. The van der Waals surface area contributed by atoms with Crippen molar-refractivity contribution in [2.24, 2.45) is 0 Å². The van der Waals surface area contributed by atoms with Gasteiger partial charge < -0.3 is 35.1 Å². The van der Waals surface area contributed by atoms with E-state index in [1.165, 1.54) is 17.0 Å². The molecule has 4 aromatic rings. The maximum Gasteiger partial charge on any atom is 0.338 e. The van der Waals surface area contributed by atoms with Crippen LogP contribution in [0, 0.1) is 0 Å². The topological polar surface area (TPSA) is 192 Å². The van der Waals surface area contributed by atoms with Gasteiger partial charge in [-0.05, 0) is 11.6 Å². The second-order valence-electron chi connectivity index (χ2n) is 8.69. The zero-order valence-corrected chi connectivity index (χ0v) is 20.3. The molecule has 0 radical (unpaired) electrons. The number of hydrogen-bond donors (Lipinski definition) is 4. The molecule has 5 N–H and O–H groups in total. The van der Waals surface area contributed by atoms with E-state index in [9.17, 15) is 20.1 Å². The van der Waals surface area contributed by atoms with E-state index >= 15 is 4.39 Å². The number of halogens is 2. The molecule has 13 nitrogen and oxygen atoms in total. The Morgan fingerprint density at radius 1 is 1.29 bits per heavy atom. The van der Waals surface area contributed by atoms with Crippen LogP contribution < -0.4 is 5.73 Å². The lowest BCUT2D eigenvalue weighted by Gasteiger charge is -2.28. The summed E-state index contributed by atoms with van der Waals surface area (Å²) in [6.45, 7) is -1.52. The number of fused-ring (bicyclic) bond motifs is 1. The summed E-state index contributed by atoms with van der Waals surface area (Å²) >= 11 is 5.86. The Hall–Kier alpha value is -3.69. The fourth-order valence-corrected chi connectivity index (χ4v) is 4.36. The van der Waals surface area contributed by atoms with Gasteiger partial charge in [0.2, 0.25) is 5.28 Å². The first-order chi connectivity index (χ1) is 18.2. The number of carboxylic acid groups (broad SMARTS) is 1. The van der Waals surface area contributed by atoms with E-state index in [4.69, 9.17) is 31.3 Å². The lowest BCUT2D eigenvalue weighted by Crippen LogP contribution is -2.49. The molecule has 0 bridgehead atoms. The molecule has 5 atom stereocenters. The maximum atomic E-state index is 15.1. The first-order valence-corrected chi connectivity index (χ1v) is 11.7. The van der Waals surface area contributed by atoms with E-state index in [0.29, 0.717) is 5.69 Å². The van der Waals surface area contributed by atoms with E-state index in [1.807, 2.05) is 18.2 Å². The minimum absolute atomic E-state index is 0.0235. The Kier molecular flexibility index (Phi) is 6.98. The van der Waals surface area contributed by atoms with Gasteiger partial charge in [0.25, 0.3) is 0 Å². The number of aliphatic hydroxyl groups is 2. The molecular weight excluding hydrogens is 527 g/mol. The van der Waals surface area contributed by atoms with Crippen molar-refractivity contribution in [3.8, 4) is 11.3 Å². The second-order valence-corrected chi connectivity index (χ2v) is 9.03. The van der Waals surface area contributed by atoms with Crippen molar-refractivity contribution in [3.05, 3.63) is 53.8 Å². The van der Waals surface area contributed by atoms with Crippen molar-refractivity contribution in [2.75, 3.05) is 18.9 Å². The van der Waals surface area contributed by atoms with Crippen molar-refractivity contribution in [1.29, 1.82) is 0 Å². The van der Waals surface area contributed by atoms with Crippen molar-refractivity contribution in [1.82, 2.24) is 24.7 Å². The van der Waals surface area contributed by atoms with E-state index in [1.54, 1.807) is 12.1 Å². The lowest BCUT2D eigenvalue weighted by atomic mass is 9.98. The number of aliphatic hydroxyl groups excluding tert-OH is 2. The van der Waals surface area contributed by atoms with Gasteiger partial charge in [0.15, 0.2) is 29.5 Å². The first kappa shape index (κ1) is 25.9. The standard InChI is InChI=1S/C23H22ClFN6O7/c24-22-28-18(26)16-19(29-22)31(10-27-16)20-15(25)17(33)14(37-20)8-36-23(9-32,21(34)35)7-12-6-13(30-38-12)11-4-2-1-3-5-11/h1-6,10,14-15,17,20,32-33H,7-9H2,(H,34,35)(H2,26,28,29)/t14-,15+,17-,20-,23?/m1/s1. The first-order valence-electron chi connectivity index (χ1n) is 11.3. The second kappa shape index (κ2) is 10.2. The molecule has 4 heterocycles. The summed E-state index contributed by atoms with van der Waals surface area (Å²) in [5, 5.41) is 34.1. The number of hydrogen-bond acceptors (Lipinski definition) is 11. The average molecular weight is 549 g/mol. The van der Waals surface area contributed by atoms with Crippen LogP contribution in [0.25, 0.3) is 22.4 Å². The Balaban J connectivity index is 1.33. The number of carbonyl (C=O) groups is 1. The summed E-state index contributed by atoms with van der Waals surface area (Å²) < 4.78 is 32.8. The summed E-state index contributed by atoms with van der Waals surface area (Å²) in [5.74, 6) is -1.39. The summed E-state index contributed by atoms with van der Waals surface area (Å²) in [6.07, 6.45) is -5.56. The molecular formula is C23H22ClFN6O7. The third kappa shape index (κ3) is 4.68. The van der Waals surface area contributed by atoms with Gasteiger partial charge in [-0.3, -0.25) is 4.57 Å². The third-order valence-electron chi connectivity index (χ3n) is 6.25. The number of anilines is 1. The monoisotopic (exact) mass is 548 g/mol. The third-order valence-corrected chi connectivity index (χ3v) is 6.42. The molecule has 5 rings (SSSR count). The highest BCUT2D eigenvalue weighted by atomic mass is 35.5. The molecule has 0 aliphatic carbocycles. The smallest absolute Gasteiger partial charge is 0.338 e. The lowest BCUT2D eigenvalue weighted by molar-refractivity contribution is -0.181. The van der Waals surface area contributed by atoms with Gasteiger partial charge in [-0.15, -0.1) is 0 Å². The summed E-state index contributed by atoms with van der Waals surface area (Å²) in [4.78, 5) is 24.0. The summed E-state index contributed by atoms with van der Waals surface area (Å²) in [5.41, 5.74) is 5.06. The van der Waals surface area contributed by atoms with E-state index in [-0.39, 0.29) is 28.0 Å². The number of benzene rings is 1. The molecule has 38 heavy (non-hydrogen) atoms. The number of rotatable bonds is 9. The van der Waals surface area contributed by atoms with Crippen LogP contribution >= 0.6 is 11.6 Å². The number of nitrogens with two attached hydrogens (primary N) is 1. The molecule has 1 fully saturated rings. The van der Waals surface area contributed by atoms with Gasteiger partial charge in [0.05, 0.1) is 26.0 Å². The van der Waals surface area contributed by atoms with Crippen LogP contribution in [0.1, 0.15) is 12.0 Å². The van der Waals surface area contributed by atoms with Gasteiger partial charge in [0.1, 0.15) is 29.2 Å². The largest absolute Gasteiger partial charge is 0.479 e. The number of imidazole rings is 1. The zero-order valence-electron chi connectivity index (χ0n) is 19.5. The highest BCUT2D eigenvalue weighted by Gasteiger charge is 2.48. The van der Waals surface area contributed by atoms with Crippen LogP contribution in [0.4, 0.5) is 10.2 Å². The van der Waals surface area contributed by atoms with Crippen LogP contribution in [0.3, 0.4) is 0 Å². The van der Waals surface area contributed by atoms with Crippen LogP contribution in [-0.2, 0) is 20.7 Å². The molecule has 0 amide bonds. The van der Waals surface area contributed by atoms with Gasteiger partial charge >= 0.3 is 5.97 Å². The molecule has 0 spiro atoms. The minimum atomic E-state index is -2.18. The minimum Gasteiger partial charge on any atom is -0.479 e. The Morgan fingerprint density at radius 3 is 2.76 bits per heavy atom. The number of aliphatic carboxylic acids is 1. The number of nitrogen functional groups attached to an aromatic ring is 1. The van der Waals surface area contributed by atoms with Gasteiger partial charge in [-0.25, -0.2) is 14.2 Å². The van der Waals surface area contributed by atoms with E-state index in [0.717, 1.165) is 5.56 Å². The SMILES string of the molecule is Nc1nc(Cl)nc2c1ncn2[C@@H]1O[C@H](COC(CO)(Cc2cc(-c3ccccc3)no2)C(=O)O)[C@@H](O)[C@@H]1F. The van der Waals surface area contributed by atoms with Gasteiger partial charge in [-0.1, -0.05) is 35.5 Å². The molecule has 1 aliphatic heterocycles. The maximum absolute atomic E-state index is 15.1. The fraction of sp³-hybridized carbons (Fsp3) is 0.348. The van der Waals surface area contributed by atoms with Crippen molar-refractivity contribution < 1.29 is 38.5 Å². The predicted octanol–water partition coefficient (Wildman–Crippen LogP) is 1.39.